The average Bonchev–Trinajstić information content (AvgIpc) is 2.88. The maximum absolute atomic E-state index is 10.2. The highest BCUT2D eigenvalue weighted by Crippen LogP contribution is 2.36. The normalized spacial score (nSPS) is 15.3. The zero-order chi connectivity index (χ0) is 24.9. The van der Waals surface area contributed by atoms with Crippen LogP contribution in [0.3, 0.4) is 0 Å². The smallest absolute Gasteiger partial charge is 0.160 e. The standard InChI is InChI=1S/C29H44N2O3S/c1-3-19-31(24-14-15-25-23(22-24)13-16-26(32)29(25)33)20-9-5-4-8-17-30-18-10-21-35-28-12-7-6-11-27(28)34-2/h6-7,11-13,16,24,30,32-33H,3-5,8-10,14-15,17-22H2,1-2H3. The average molecular weight is 501 g/mol. The molecule has 35 heavy (non-hydrogen) atoms. The van der Waals surface area contributed by atoms with Crippen LogP contribution in [0.2, 0.25) is 0 Å². The maximum Gasteiger partial charge on any atom is 0.160 e. The largest absolute Gasteiger partial charge is 0.504 e. The van der Waals surface area contributed by atoms with E-state index < -0.39 is 0 Å². The van der Waals surface area contributed by atoms with Crippen molar-refractivity contribution < 1.29 is 14.9 Å². The SMILES string of the molecule is CCCN(CCCCCCNCCCSc1ccccc1OC)C1CCc2c(ccc(O)c2O)C1. The Morgan fingerprint density at radius 3 is 2.63 bits per heavy atom. The molecule has 0 heterocycles. The zero-order valence-corrected chi connectivity index (χ0v) is 22.4. The van der Waals surface area contributed by atoms with Gasteiger partial charge in [-0.1, -0.05) is 38.0 Å². The fraction of sp³-hybridized carbons (Fsp3) is 0.586. The lowest BCUT2D eigenvalue weighted by atomic mass is 9.86. The number of fused-ring (bicyclic) bond motifs is 1. The van der Waals surface area contributed by atoms with Crippen LogP contribution >= 0.6 is 11.8 Å². The third-order valence-electron chi connectivity index (χ3n) is 6.94. The van der Waals surface area contributed by atoms with Crippen LogP contribution in [0, 0.1) is 0 Å². The molecular formula is C29H44N2O3S. The van der Waals surface area contributed by atoms with Crippen molar-refractivity contribution in [2.45, 2.75) is 75.6 Å². The molecule has 0 radical (unpaired) electrons. The third-order valence-corrected chi connectivity index (χ3v) is 8.08. The van der Waals surface area contributed by atoms with Gasteiger partial charge >= 0.3 is 0 Å². The van der Waals surface area contributed by atoms with Crippen LogP contribution in [0.15, 0.2) is 41.3 Å². The Labute approximate surface area is 216 Å². The molecule has 0 aromatic heterocycles. The predicted molar refractivity (Wildman–Crippen MR) is 147 cm³/mol. The van der Waals surface area contributed by atoms with Gasteiger partial charge in [-0.05, 0) is 101 Å². The lowest BCUT2D eigenvalue weighted by molar-refractivity contribution is 0.175. The number of benzene rings is 2. The second kappa shape index (κ2) is 15.3. The van der Waals surface area contributed by atoms with Crippen molar-refractivity contribution in [3.8, 4) is 17.2 Å². The van der Waals surface area contributed by atoms with E-state index in [9.17, 15) is 10.2 Å². The number of phenolic OH excluding ortho intramolecular Hbond substituents is 2. The first-order valence-electron chi connectivity index (χ1n) is 13.4. The second-order valence-electron chi connectivity index (χ2n) is 9.52. The Morgan fingerprint density at radius 2 is 1.80 bits per heavy atom. The molecule has 0 saturated heterocycles. The highest BCUT2D eigenvalue weighted by atomic mass is 32.2. The van der Waals surface area contributed by atoms with Gasteiger partial charge < -0.3 is 25.2 Å². The lowest BCUT2D eigenvalue weighted by Crippen LogP contribution is -2.40. The molecule has 1 aliphatic carbocycles. The minimum Gasteiger partial charge on any atom is -0.504 e. The molecule has 5 nitrogen and oxygen atoms in total. The van der Waals surface area contributed by atoms with Crippen LogP contribution < -0.4 is 10.1 Å². The van der Waals surface area contributed by atoms with Crippen LogP contribution in [0.25, 0.3) is 0 Å². The third kappa shape index (κ3) is 8.62. The maximum atomic E-state index is 10.2. The summed E-state index contributed by atoms with van der Waals surface area (Å²) in [5.41, 5.74) is 2.15. The molecule has 0 bridgehead atoms. The topological polar surface area (TPSA) is 65.0 Å². The number of aromatic hydroxyl groups is 2. The van der Waals surface area contributed by atoms with Gasteiger partial charge in [0.1, 0.15) is 5.75 Å². The first kappa shape index (κ1) is 27.7. The first-order chi connectivity index (χ1) is 17.1. The summed E-state index contributed by atoms with van der Waals surface area (Å²) in [7, 11) is 1.73. The van der Waals surface area contributed by atoms with Gasteiger partial charge in [0.05, 0.1) is 7.11 Å². The molecule has 1 atom stereocenters. The summed E-state index contributed by atoms with van der Waals surface area (Å²) in [6, 6.07) is 12.4. The lowest BCUT2D eigenvalue weighted by Gasteiger charge is -2.35. The number of thioether (sulfide) groups is 1. The summed E-state index contributed by atoms with van der Waals surface area (Å²) in [5.74, 6) is 2.17. The number of phenols is 2. The molecule has 3 N–H and O–H groups in total. The summed E-state index contributed by atoms with van der Waals surface area (Å²) < 4.78 is 5.42. The van der Waals surface area contributed by atoms with Crippen LogP contribution in [-0.4, -0.2) is 60.2 Å². The summed E-state index contributed by atoms with van der Waals surface area (Å²) in [5, 5.41) is 23.5. The van der Waals surface area contributed by atoms with Gasteiger partial charge in [0, 0.05) is 16.5 Å². The van der Waals surface area contributed by atoms with Crippen LogP contribution in [0.4, 0.5) is 0 Å². The molecule has 1 aliphatic rings. The van der Waals surface area contributed by atoms with E-state index >= 15 is 0 Å². The number of unbranched alkanes of at least 4 members (excludes halogenated alkanes) is 3. The Balaban J connectivity index is 1.25. The number of nitrogens with zero attached hydrogens (tertiary/aromatic N) is 1. The molecule has 194 valence electrons. The van der Waals surface area contributed by atoms with Crippen molar-refractivity contribution in [2.75, 3.05) is 39.0 Å². The number of hydrogen-bond donors (Lipinski definition) is 3. The minimum atomic E-state index is 0.00819. The molecule has 6 heteroatoms. The van der Waals surface area contributed by atoms with Crippen molar-refractivity contribution in [2.24, 2.45) is 0 Å². The molecule has 1 unspecified atom stereocenters. The number of ether oxygens (including phenoxy) is 1. The molecule has 0 aliphatic heterocycles. The van der Waals surface area contributed by atoms with Crippen LogP contribution in [-0.2, 0) is 12.8 Å². The van der Waals surface area contributed by atoms with E-state index in [1.165, 1.54) is 42.6 Å². The fourth-order valence-corrected chi connectivity index (χ4v) is 6.02. The van der Waals surface area contributed by atoms with Crippen molar-refractivity contribution >= 4 is 11.8 Å². The minimum absolute atomic E-state index is 0.00819. The Bertz CT molecular complexity index is 892. The van der Waals surface area contributed by atoms with E-state index in [-0.39, 0.29) is 11.5 Å². The molecule has 0 fully saturated rings. The van der Waals surface area contributed by atoms with Crippen LogP contribution in [0.5, 0.6) is 17.2 Å². The van der Waals surface area contributed by atoms with E-state index in [0.29, 0.717) is 6.04 Å². The van der Waals surface area contributed by atoms with Gasteiger partial charge in [-0.2, -0.15) is 0 Å². The fourth-order valence-electron chi connectivity index (χ4n) is 5.04. The van der Waals surface area contributed by atoms with Crippen LogP contribution in [0.1, 0.15) is 63.0 Å². The molecule has 2 aromatic carbocycles. The molecule has 0 saturated carbocycles. The molecule has 0 spiro atoms. The van der Waals surface area contributed by atoms with E-state index in [1.54, 1.807) is 13.2 Å². The quantitative estimate of drug-likeness (QED) is 0.149. The summed E-state index contributed by atoms with van der Waals surface area (Å²) in [4.78, 5) is 3.88. The number of para-hydroxylation sites is 1. The number of nitrogens with one attached hydrogen (secondary N) is 1. The van der Waals surface area contributed by atoms with Gasteiger partial charge in [0.25, 0.3) is 0 Å². The predicted octanol–water partition coefficient (Wildman–Crippen LogP) is 6.01. The van der Waals surface area contributed by atoms with Crippen molar-refractivity contribution in [3.05, 3.63) is 47.5 Å². The van der Waals surface area contributed by atoms with Crippen molar-refractivity contribution in [1.29, 1.82) is 0 Å². The van der Waals surface area contributed by atoms with Gasteiger partial charge in [0.15, 0.2) is 11.5 Å². The first-order valence-corrected chi connectivity index (χ1v) is 14.4. The summed E-state index contributed by atoms with van der Waals surface area (Å²) in [6.45, 7) is 6.73. The second-order valence-corrected chi connectivity index (χ2v) is 10.7. The van der Waals surface area contributed by atoms with Gasteiger partial charge in [-0.25, -0.2) is 0 Å². The number of methoxy groups -OCH3 is 1. The number of rotatable bonds is 16. The zero-order valence-electron chi connectivity index (χ0n) is 21.6. The van der Waals surface area contributed by atoms with E-state index in [1.807, 2.05) is 30.0 Å². The molecule has 3 rings (SSSR count). The van der Waals surface area contributed by atoms with Gasteiger partial charge in [0.2, 0.25) is 0 Å². The van der Waals surface area contributed by atoms with E-state index in [2.05, 4.69) is 29.3 Å². The van der Waals surface area contributed by atoms with E-state index in [4.69, 9.17) is 4.74 Å². The molecule has 2 aromatic rings. The molecular weight excluding hydrogens is 456 g/mol. The van der Waals surface area contributed by atoms with Crippen molar-refractivity contribution in [1.82, 2.24) is 10.2 Å². The summed E-state index contributed by atoms with van der Waals surface area (Å²) >= 11 is 1.87. The highest BCUT2D eigenvalue weighted by Gasteiger charge is 2.26. The van der Waals surface area contributed by atoms with Gasteiger partial charge in [-0.15, -0.1) is 11.8 Å². The Hall–Kier alpha value is -1.89. The Morgan fingerprint density at radius 1 is 1.00 bits per heavy atom. The number of hydrogen-bond acceptors (Lipinski definition) is 6. The van der Waals surface area contributed by atoms with Crippen molar-refractivity contribution in [3.63, 3.8) is 0 Å². The van der Waals surface area contributed by atoms with E-state index in [0.717, 1.165) is 68.9 Å². The highest BCUT2D eigenvalue weighted by molar-refractivity contribution is 7.99. The van der Waals surface area contributed by atoms with Gasteiger partial charge in [-0.3, -0.25) is 0 Å². The molecule has 0 amide bonds. The Kier molecular flexibility index (Phi) is 12.1. The monoisotopic (exact) mass is 500 g/mol. The summed E-state index contributed by atoms with van der Waals surface area (Å²) in [6.07, 6.45) is 10.3.